The monoisotopic (exact) mass is 189 g/mol. The molecule has 0 amide bonds. The molecule has 0 spiro atoms. The first-order chi connectivity index (χ1) is 5.93. The van der Waals surface area contributed by atoms with Gasteiger partial charge in [-0.2, -0.15) is 0 Å². The van der Waals surface area contributed by atoms with E-state index in [4.69, 9.17) is 11.6 Å². The van der Waals surface area contributed by atoms with Crippen molar-refractivity contribution in [1.29, 1.82) is 0 Å². The van der Waals surface area contributed by atoms with Gasteiger partial charge in [0.25, 0.3) is 0 Å². The van der Waals surface area contributed by atoms with Crippen LogP contribution in [0, 0.1) is 0 Å². The number of rotatable bonds is 6. The molecule has 0 bridgehead atoms. The summed E-state index contributed by atoms with van der Waals surface area (Å²) in [4.78, 5) is 0. The zero-order chi connectivity index (χ0) is 8.65. The minimum absolute atomic E-state index is 0.823. The van der Waals surface area contributed by atoms with E-state index in [1.54, 1.807) is 0 Å². The molecule has 1 saturated carbocycles. The summed E-state index contributed by atoms with van der Waals surface area (Å²) in [6.45, 7) is 1.20. The molecule has 1 fully saturated rings. The Kier molecular flexibility index (Phi) is 5.80. The van der Waals surface area contributed by atoms with Crippen LogP contribution in [0.2, 0.25) is 0 Å². The molecule has 0 aromatic heterocycles. The fraction of sp³-hybridized carbons (Fsp3) is 1.00. The molecule has 0 radical (unpaired) electrons. The number of nitrogens with one attached hydrogen (secondary N) is 1. The topological polar surface area (TPSA) is 12.0 Å². The van der Waals surface area contributed by atoms with Gasteiger partial charge in [-0.05, 0) is 32.2 Å². The highest BCUT2D eigenvalue weighted by atomic mass is 35.5. The second-order valence-corrected chi connectivity index (χ2v) is 4.06. The van der Waals surface area contributed by atoms with Gasteiger partial charge in [0.1, 0.15) is 0 Å². The first kappa shape index (κ1) is 10.3. The third-order valence-electron chi connectivity index (χ3n) is 2.60. The highest BCUT2D eigenvalue weighted by Crippen LogP contribution is 2.17. The van der Waals surface area contributed by atoms with Gasteiger partial charge in [-0.25, -0.2) is 0 Å². The van der Waals surface area contributed by atoms with Crippen LogP contribution in [0.5, 0.6) is 0 Å². The lowest BCUT2D eigenvalue weighted by molar-refractivity contribution is 0.506. The summed E-state index contributed by atoms with van der Waals surface area (Å²) in [5.41, 5.74) is 0. The summed E-state index contributed by atoms with van der Waals surface area (Å²) < 4.78 is 0. The van der Waals surface area contributed by atoms with Gasteiger partial charge in [0.2, 0.25) is 0 Å². The number of hydrogen-bond donors (Lipinski definition) is 1. The SMILES string of the molecule is ClCCCCCNC1CCCC1. The Morgan fingerprint density at radius 1 is 1.08 bits per heavy atom. The minimum Gasteiger partial charge on any atom is -0.314 e. The molecule has 0 aromatic carbocycles. The Balaban J connectivity index is 1.81. The molecular formula is C10H20ClN. The van der Waals surface area contributed by atoms with Gasteiger partial charge in [-0.3, -0.25) is 0 Å². The van der Waals surface area contributed by atoms with Crippen LogP contribution in [0.4, 0.5) is 0 Å². The maximum Gasteiger partial charge on any atom is 0.0223 e. The van der Waals surface area contributed by atoms with E-state index in [1.807, 2.05) is 0 Å². The van der Waals surface area contributed by atoms with Crippen LogP contribution in [0.1, 0.15) is 44.9 Å². The largest absolute Gasteiger partial charge is 0.314 e. The Bertz CT molecular complexity index is 100. The zero-order valence-corrected chi connectivity index (χ0v) is 8.58. The van der Waals surface area contributed by atoms with Crippen LogP contribution in [-0.2, 0) is 0 Å². The Morgan fingerprint density at radius 3 is 2.50 bits per heavy atom. The second-order valence-electron chi connectivity index (χ2n) is 3.69. The van der Waals surface area contributed by atoms with Crippen molar-refractivity contribution in [3.63, 3.8) is 0 Å². The summed E-state index contributed by atoms with van der Waals surface area (Å²) in [6.07, 6.45) is 9.41. The number of alkyl halides is 1. The zero-order valence-electron chi connectivity index (χ0n) is 7.82. The Hall–Kier alpha value is 0.250. The van der Waals surface area contributed by atoms with Crippen molar-refractivity contribution in [3.05, 3.63) is 0 Å². The molecule has 0 unspecified atom stereocenters. The van der Waals surface area contributed by atoms with E-state index in [9.17, 15) is 0 Å². The number of unbranched alkanes of at least 4 members (excludes halogenated alkanes) is 2. The third kappa shape index (κ3) is 4.32. The lowest BCUT2D eigenvalue weighted by Gasteiger charge is -2.10. The first-order valence-electron chi connectivity index (χ1n) is 5.23. The highest BCUT2D eigenvalue weighted by Gasteiger charge is 2.12. The molecule has 1 aliphatic carbocycles. The van der Waals surface area contributed by atoms with Crippen molar-refractivity contribution < 1.29 is 0 Å². The van der Waals surface area contributed by atoms with Crippen LogP contribution >= 0.6 is 11.6 Å². The van der Waals surface area contributed by atoms with Crippen molar-refractivity contribution in [3.8, 4) is 0 Å². The van der Waals surface area contributed by atoms with E-state index in [-0.39, 0.29) is 0 Å². The standard InChI is InChI=1S/C10H20ClN/c11-8-4-1-5-9-12-10-6-2-3-7-10/h10,12H,1-9H2. The minimum atomic E-state index is 0.823. The average Bonchev–Trinajstić information content (AvgIpc) is 2.57. The van der Waals surface area contributed by atoms with Crippen molar-refractivity contribution in [1.82, 2.24) is 5.32 Å². The van der Waals surface area contributed by atoms with Gasteiger partial charge in [-0.1, -0.05) is 19.3 Å². The molecule has 0 atom stereocenters. The first-order valence-corrected chi connectivity index (χ1v) is 5.76. The van der Waals surface area contributed by atoms with Gasteiger partial charge in [0.05, 0.1) is 0 Å². The van der Waals surface area contributed by atoms with Gasteiger partial charge >= 0.3 is 0 Å². The Morgan fingerprint density at radius 2 is 1.83 bits per heavy atom. The lowest BCUT2D eigenvalue weighted by Crippen LogP contribution is -2.26. The van der Waals surface area contributed by atoms with Crippen LogP contribution in [0.3, 0.4) is 0 Å². The summed E-state index contributed by atoms with van der Waals surface area (Å²) >= 11 is 5.59. The van der Waals surface area contributed by atoms with E-state index in [1.165, 1.54) is 51.5 Å². The van der Waals surface area contributed by atoms with E-state index < -0.39 is 0 Å². The van der Waals surface area contributed by atoms with Crippen molar-refractivity contribution in [2.45, 2.75) is 51.0 Å². The smallest absolute Gasteiger partial charge is 0.0223 e. The van der Waals surface area contributed by atoms with Crippen LogP contribution in [-0.4, -0.2) is 18.5 Å². The van der Waals surface area contributed by atoms with E-state index in [0.29, 0.717) is 0 Å². The second kappa shape index (κ2) is 6.73. The number of halogens is 1. The average molecular weight is 190 g/mol. The molecule has 1 rings (SSSR count). The Labute approximate surface area is 80.9 Å². The maximum atomic E-state index is 5.59. The van der Waals surface area contributed by atoms with Gasteiger partial charge in [-0.15, -0.1) is 11.6 Å². The third-order valence-corrected chi connectivity index (χ3v) is 2.87. The summed E-state index contributed by atoms with van der Waals surface area (Å²) in [5, 5.41) is 3.60. The molecule has 1 N–H and O–H groups in total. The van der Waals surface area contributed by atoms with Crippen molar-refractivity contribution >= 4 is 11.6 Å². The maximum absolute atomic E-state index is 5.59. The lowest BCUT2D eigenvalue weighted by atomic mass is 10.2. The fourth-order valence-corrected chi connectivity index (χ4v) is 2.02. The molecule has 2 heteroatoms. The van der Waals surface area contributed by atoms with Crippen LogP contribution in [0.15, 0.2) is 0 Å². The molecule has 1 nitrogen and oxygen atoms in total. The van der Waals surface area contributed by atoms with Gasteiger partial charge < -0.3 is 5.32 Å². The quantitative estimate of drug-likeness (QED) is 0.501. The van der Waals surface area contributed by atoms with Gasteiger partial charge in [0.15, 0.2) is 0 Å². The highest BCUT2D eigenvalue weighted by molar-refractivity contribution is 6.17. The molecule has 72 valence electrons. The van der Waals surface area contributed by atoms with Gasteiger partial charge in [0, 0.05) is 11.9 Å². The molecular weight excluding hydrogens is 170 g/mol. The normalized spacial score (nSPS) is 18.8. The number of hydrogen-bond acceptors (Lipinski definition) is 1. The summed E-state index contributed by atoms with van der Waals surface area (Å²) in [6, 6.07) is 0.834. The van der Waals surface area contributed by atoms with E-state index in [0.717, 1.165) is 11.9 Å². The van der Waals surface area contributed by atoms with E-state index >= 15 is 0 Å². The van der Waals surface area contributed by atoms with E-state index in [2.05, 4.69) is 5.32 Å². The van der Waals surface area contributed by atoms with Crippen LogP contribution in [0.25, 0.3) is 0 Å². The summed E-state index contributed by atoms with van der Waals surface area (Å²) in [7, 11) is 0. The fourth-order valence-electron chi connectivity index (χ4n) is 1.83. The van der Waals surface area contributed by atoms with Crippen molar-refractivity contribution in [2.24, 2.45) is 0 Å². The molecule has 0 heterocycles. The molecule has 0 aromatic rings. The molecule has 12 heavy (non-hydrogen) atoms. The molecule has 0 saturated heterocycles. The molecule has 0 aliphatic heterocycles. The predicted molar refractivity (Wildman–Crippen MR) is 54.8 cm³/mol. The van der Waals surface area contributed by atoms with Crippen LogP contribution < -0.4 is 5.32 Å². The summed E-state index contributed by atoms with van der Waals surface area (Å²) in [5.74, 6) is 0.823. The van der Waals surface area contributed by atoms with Crippen molar-refractivity contribution in [2.75, 3.05) is 12.4 Å². The predicted octanol–water partition coefficient (Wildman–Crippen LogP) is 2.93. The molecule has 1 aliphatic rings.